The number of sulfonamides is 1. The van der Waals surface area contributed by atoms with E-state index < -0.39 is 15.9 Å². The third-order valence-electron chi connectivity index (χ3n) is 6.32. The highest BCUT2D eigenvalue weighted by atomic mass is 32.2. The number of benzene rings is 2. The van der Waals surface area contributed by atoms with E-state index >= 15 is 0 Å². The second-order valence-corrected chi connectivity index (χ2v) is 10.2. The number of piperidine rings is 1. The van der Waals surface area contributed by atoms with E-state index in [1.54, 1.807) is 58.3 Å². The molecule has 3 aliphatic heterocycles. The second-order valence-electron chi connectivity index (χ2n) is 8.48. The molecule has 33 heavy (non-hydrogen) atoms. The van der Waals surface area contributed by atoms with Gasteiger partial charge in [-0.25, -0.2) is 13.1 Å². The van der Waals surface area contributed by atoms with Gasteiger partial charge in [0, 0.05) is 43.9 Å². The number of nitrogens with one attached hydrogen (secondary N) is 1. The molecule has 0 aromatic heterocycles. The van der Waals surface area contributed by atoms with Crippen LogP contribution >= 0.6 is 0 Å². The van der Waals surface area contributed by atoms with E-state index in [4.69, 9.17) is 9.47 Å². The molecule has 174 valence electrons. The van der Waals surface area contributed by atoms with Crippen LogP contribution in [0.15, 0.2) is 53.4 Å². The van der Waals surface area contributed by atoms with E-state index in [1.165, 1.54) is 0 Å². The van der Waals surface area contributed by atoms with E-state index in [0.29, 0.717) is 49.7 Å². The molecule has 2 amide bonds. The van der Waals surface area contributed by atoms with Crippen LogP contribution in [0.25, 0.3) is 0 Å². The number of anilines is 1. The second kappa shape index (κ2) is 8.68. The summed E-state index contributed by atoms with van der Waals surface area (Å²) < 4.78 is 38.6. The predicted molar refractivity (Wildman–Crippen MR) is 119 cm³/mol. The van der Waals surface area contributed by atoms with Crippen LogP contribution in [0.5, 0.6) is 11.5 Å². The quantitative estimate of drug-likeness (QED) is 0.712. The number of hydrogen-bond acceptors (Lipinski definition) is 6. The lowest BCUT2D eigenvalue weighted by Crippen LogP contribution is -2.48. The Kier molecular flexibility index (Phi) is 5.71. The molecule has 0 saturated carbocycles. The number of likely N-dealkylation sites (tertiary alicyclic amines) is 1. The van der Waals surface area contributed by atoms with Gasteiger partial charge in [0.15, 0.2) is 11.5 Å². The van der Waals surface area contributed by atoms with Crippen molar-refractivity contribution < 1.29 is 27.5 Å². The van der Waals surface area contributed by atoms with E-state index in [1.807, 2.05) is 0 Å². The van der Waals surface area contributed by atoms with Crippen LogP contribution in [-0.4, -0.2) is 57.6 Å². The van der Waals surface area contributed by atoms with Crippen LogP contribution in [0.3, 0.4) is 0 Å². The topological polar surface area (TPSA) is 105 Å². The largest absolute Gasteiger partial charge is 0.454 e. The molecule has 10 heteroatoms. The maximum atomic E-state index is 13.1. The van der Waals surface area contributed by atoms with Gasteiger partial charge in [-0.2, -0.15) is 0 Å². The summed E-state index contributed by atoms with van der Waals surface area (Å²) in [6.07, 6.45) is 1.22. The summed E-state index contributed by atoms with van der Waals surface area (Å²) in [5, 5.41) is 0. The molecule has 2 aromatic carbocycles. The van der Waals surface area contributed by atoms with Gasteiger partial charge >= 0.3 is 0 Å². The highest BCUT2D eigenvalue weighted by Crippen LogP contribution is 2.37. The van der Waals surface area contributed by atoms with Gasteiger partial charge in [-0.05, 0) is 37.1 Å². The molecule has 1 atom stereocenters. The first-order valence-corrected chi connectivity index (χ1v) is 12.5. The first-order chi connectivity index (χ1) is 15.9. The van der Waals surface area contributed by atoms with Crippen LogP contribution < -0.4 is 19.1 Å². The van der Waals surface area contributed by atoms with Crippen LogP contribution in [0, 0.1) is 5.92 Å². The van der Waals surface area contributed by atoms with Gasteiger partial charge in [0.1, 0.15) is 0 Å². The number of amides is 2. The van der Waals surface area contributed by atoms with Crippen molar-refractivity contribution in [2.45, 2.75) is 30.2 Å². The van der Waals surface area contributed by atoms with Crippen molar-refractivity contribution in [2.24, 2.45) is 5.92 Å². The first-order valence-electron chi connectivity index (χ1n) is 11.0. The number of carbonyl (C=O) groups excluding carboxylic acids is 2. The highest BCUT2D eigenvalue weighted by Gasteiger charge is 2.38. The smallest absolute Gasteiger partial charge is 0.240 e. The Morgan fingerprint density at radius 3 is 2.48 bits per heavy atom. The molecule has 5 rings (SSSR count). The summed E-state index contributed by atoms with van der Waals surface area (Å²) in [7, 11) is -3.59. The van der Waals surface area contributed by atoms with Crippen LogP contribution in [0.2, 0.25) is 0 Å². The normalized spacial score (nSPS) is 21.0. The lowest BCUT2D eigenvalue weighted by molar-refractivity contribution is -0.136. The third-order valence-corrected chi connectivity index (χ3v) is 7.86. The molecule has 2 fully saturated rings. The van der Waals surface area contributed by atoms with Gasteiger partial charge in [0.05, 0.1) is 10.8 Å². The van der Waals surface area contributed by atoms with Gasteiger partial charge in [0.2, 0.25) is 28.6 Å². The monoisotopic (exact) mass is 471 g/mol. The summed E-state index contributed by atoms with van der Waals surface area (Å²) in [6.45, 7) is 1.38. The lowest BCUT2D eigenvalue weighted by Gasteiger charge is -2.33. The fourth-order valence-corrected chi connectivity index (χ4v) is 5.86. The van der Waals surface area contributed by atoms with E-state index in [0.717, 1.165) is 0 Å². The highest BCUT2D eigenvalue weighted by molar-refractivity contribution is 7.89. The Morgan fingerprint density at radius 1 is 1.00 bits per heavy atom. The average molecular weight is 472 g/mol. The van der Waals surface area contributed by atoms with Crippen molar-refractivity contribution in [3.63, 3.8) is 0 Å². The number of nitrogens with zero attached hydrogens (tertiary/aromatic N) is 2. The van der Waals surface area contributed by atoms with Gasteiger partial charge in [0.25, 0.3) is 0 Å². The number of carbonyl (C=O) groups is 2. The van der Waals surface area contributed by atoms with Crippen molar-refractivity contribution in [2.75, 3.05) is 31.3 Å². The first kappa shape index (κ1) is 21.7. The Bertz CT molecular complexity index is 1160. The molecule has 0 radical (unpaired) electrons. The molecular weight excluding hydrogens is 446 g/mol. The van der Waals surface area contributed by atoms with Crippen molar-refractivity contribution in [1.29, 1.82) is 0 Å². The van der Waals surface area contributed by atoms with Gasteiger partial charge in [-0.15, -0.1) is 0 Å². The molecule has 0 bridgehead atoms. The Balaban J connectivity index is 1.17. The molecule has 9 nitrogen and oxygen atoms in total. The number of ether oxygens (including phenoxy) is 2. The molecule has 0 aliphatic carbocycles. The summed E-state index contributed by atoms with van der Waals surface area (Å²) in [4.78, 5) is 29.3. The minimum absolute atomic E-state index is 0.0593. The molecule has 1 N–H and O–H groups in total. The van der Waals surface area contributed by atoms with E-state index in [2.05, 4.69) is 4.72 Å². The number of hydrogen-bond donors (Lipinski definition) is 1. The zero-order valence-electron chi connectivity index (χ0n) is 18.0. The molecule has 1 unspecified atom stereocenters. The Labute approximate surface area is 192 Å². The third kappa shape index (κ3) is 4.40. The minimum atomic E-state index is -3.59. The van der Waals surface area contributed by atoms with Gasteiger partial charge < -0.3 is 19.3 Å². The summed E-state index contributed by atoms with van der Waals surface area (Å²) >= 11 is 0. The van der Waals surface area contributed by atoms with Crippen molar-refractivity contribution in [1.82, 2.24) is 9.62 Å². The van der Waals surface area contributed by atoms with Crippen molar-refractivity contribution in [3.8, 4) is 11.5 Å². The fourth-order valence-electron chi connectivity index (χ4n) is 4.54. The zero-order chi connectivity index (χ0) is 23.0. The minimum Gasteiger partial charge on any atom is -0.454 e. The predicted octanol–water partition coefficient (Wildman–Crippen LogP) is 1.74. The number of fused-ring (bicyclic) bond motifs is 1. The maximum absolute atomic E-state index is 13.1. The summed E-state index contributed by atoms with van der Waals surface area (Å²) in [6, 6.07) is 13.4. The Morgan fingerprint density at radius 2 is 1.73 bits per heavy atom. The standard InChI is InChI=1S/C23H25N3O6S/c27-22-12-16(14-26(22)18-6-7-20-21(13-18)32-15-31-20)23(28)25-10-8-17(9-11-25)24-33(29,30)19-4-2-1-3-5-19/h1-7,13,16-17,24H,8-12,14-15H2. The van der Waals surface area contributed by atoms with E-state index in [-0.39, 0.29) is 36.0 Å². The molecule has 0 spiro atoms. The zero-order valence-corrected chi connectivity index (χ0v) is 18.8. The van der Waals surface area contributed by atoms with Crippen LogP contribution in [0.1, 0.15) is 19.3 Å². The summed E-state index contributed by atoms with van der Waals surface area (Å²) in [5.41, 5.74) is 0.688. The maximum Gasteiger partial charge on any atom is 0.240 e. The Hall–Kier alpha value is -3.11. The number of rotatable bonds is 5. The van der Waals surface area contributed by atoms with Crippen molar-refractivity contribution in [3.05, 3.63) is 48.5 Å². The van der Waals surface area contributed by atoms with Crippen LogP contribution in [0.4, 0.5) is 5.69 Å². The molecular formula is C23H25N3O6S. The van der Waals surface area contributed by atoms with E-state index in [9.17, 15) is 18.0 Å². The van der Waals surface area contributed by atoms with Crippen LogP contribution in [-0.2, 0) is 19.6 Å². The van der Waals surface area contributed by atoms with Crippen molar-refractivity contribution >= 4 is 27.5 Å². The summed E-state index contributed by atoms with van der Waals surface area (Å²) in [5.74, 6) is 0.660. The molecule has 2 saturated heterocycles. The lowest BCUT2D eigenvalue weighted by atomic mass is 10.0. The molecule has 3 aliphatic rings. The fraction of sp³-hybridized carbons (Fsp3) is 0.391. The molecule has 2 aromatic rings. The molecule has 3 heterocycles. The average Bonchev–Trinajstić information content (AvgIpc) is 3.45. The SMILES string of the molecule is O=C(C1CC(=O)N(c2ccc3c(c2)OCO3)C1)N1CCC(NS(=O)(=O)c2ccccc2)CC1. The van der Waals surface area contributed by atoms with Gasteiger partial charge in [-0.1, -0.05) is 18.2 Å². The van der Waals surface area contributed by atoms with Gasteiger partial charge in [-0.3, -0.25) is 9.59 Å².